The summed E-state index contributed by atoms with van der Waals surface area (Å²) in [7, 11) is 0. The zero-order valence-corrected chi connectivity index (χ0v) is 14.6. The smallest absolute Gasteiger partial charge is 0.276 e. The van der Waals surface area contributed by atoms with Crippen LogP contribution in [0.1, 0.15) is 34.9 Å². The molecule has 2 aromatic carbocycles. The van der Waals surface area contributed by atoms with Gasteiger partial charge in [-0.05, 0) is 36.6 Å². The summed E-state index contributed by atoms with van der Waals surface area (Å²) < 4.78 is 16.2. The van der Waals surface area contributed by atoms with Crippen molar-refractivity contribution in [1.82, 2.24) is 10.1 Å². The Morgan fingerprint density at radius 1 is 1.04 bits per heavy atom. The molecule has 1 amide bonds. The average molecular weight is 362 g/mol. The molecular weight excluding hydrogens is 344 g/mol. The molecule has 0 aliphatic carbocycles. The second kappa shape index (κ2) is 6.46. The first-order valence-corrected chi connectivity index (χ1v) is 9.02. The Balaban J connectivity index is 1.40. The van der Waals surface area contributed by atoms with Crippen LogP contribution >= 0.6 is 0 Å². The molecule has 6 heteroatoms. The Morgan fingerprint density at radius 2 is 1.89 bits per heavy atom. The van der Waals surface area contributed by atoms with Gasteiger partial charge in [0.25, 0.3) is 5.91 Å². The molecule has 136 valence electrons. The van der Waals surface area contributed by atoms with E-state index < -0.39 is 0 Å². The topological polar surface area (TPSA) is 64.8 Å². The van der Waals surface area contributed by atoms with Crippen molar-refractivity contribution in [2.75, 3.05) is 13.3 Å². The van der Waals surface area contributed by atoms with Crippen molar-refractivity contribution in [2.45, 2.75) is 18.9 Å². The lowest BCUT2D eigenvalue weighted by Gasteiger charge is -2.24. The Morgan fingerprint density at radius 3 is 2.78 bits per heavy atom. The first-order chi connectivity index (χ1) is 13.3. The Bertz CT molecular complexity index is 983. The van der Waals surface area contributed by atoms with E-state index in [-0.39, 0.29) is 18.7 Å². The summed E-state index contributed by atoms with van der Waals surface area (Å²) in [5.74, 6) is 1.81. The number of carbonyl (C=O) groups is 1. The van der Waals surface area contributed by atoms with Gasteiger partial charge < -0.3 is 18.9 Å². The van der Waals surface area contributed by atoms with Gasteiger partial charge in [0.2, 0.25) is 6.79 Å². The van der Waals surface area contributed by atoms with Crippen molar-refractivity contribution >= 4 is 5.91 Å². The minimum absolute atomic E-state index is 0.0874. The maximum Gasteiger partial charge on any atom is 0.276 e. The first kappa shape index (κ1) is 15.9. The van der Waals surface area contributed by atoms with Crippen molar-refractivity contribution in [1.29, 1.82) is 0 Å². The lowest BCUT2D eigenvalue weighted by Crippen LogP contribution is -2.30. The lowest BCUT2D eigenvalue weighted by molar-refractivity contribution is 0.0725. The molecule has 1 unspecified atom stereocenters. The van der Waals surface area contributed by atoms with Crippen molar-refractivity contribution in [3.8, 4) is 22.8 Å². The molecule has 2 aliphatic rings. The van der Waals surface area contributed by atoms with E-state index in [0.717, 1.165) is 30.5 Å². The zero-order valence-electron chi connectivity index (χ0n) is 14.6. The number of aromatic nitrogens is 1. The quantitative estimate of drug-likeness (QED) is 0.703. The van der Waals surface area contributed by atoms with Gasteiger partial charge in [0.1, 0.15) is 0 Å². The van der Waals surface area contributed by atoms with Crippen LogP contribution in [0.2, 0.25) is 0 Å². The molecule has 0 N–H and O–H groups in total. The molecule has 3 heterocycles. The molecule has 6 nitrogen and oxygen atoms in total. The number of amides is 1. The lowest BCUT2D eigenvalue weighted by atomic mass is 10.0. The number of likely N-dealkylation sites (tertiary alicyclic amines) is 1. The molecule has 1 aromatic heterocycles. The van der Waals surface area contributed by atoms with E-state index in [1.165, 1.54) is 0 Å². The van der Waals surface area contributed by atoms with Crippen LogP contribution in [0.15, 0.2) is 59.1 Å². The SMILES string of the molecule is O=C(c1cc(-c2ccc3c(c2)OCO3)on1)N1CCCC1c1ccccc1. The number of fused-ring (bicyclic) bond motifs is 1. The Labute approximate surface area is 156 Å². The highest BCUT2D eigenvalue weighted by molar-refractivity contribution is 5.93. The normalized spacial score (nSPS) is 18.1. The Kier molecular flexibility index (Phi) is 3.81. The fourth-order valence-electron chi connectivity index (χ4n) is 3.74. The molecule has 2 aliphatic heterocycles. The highest BCUT2D eigenvalue weighted by Crippen LogP contribution is 2.37. The van der Waals surface area contributed by atoms with E-state index in [4.69, 9.17) is 14.0 Å². The standard InChI is InChI=1S/C21H18N2O4/c24-21(23-10-4-7-17(23)14-5-2-1-3-6-14)16-12-19(27-22-16)15-8-9-18-20(11-15)26-13-25-18/h1-3,5-6,8-9,11-12,17H,4,7,10,13H2. The van der Waals surface area contributed by atoms with Gasteiger partial charge in [-0.3, -0.25) is 4.79 Å². The third-order valence-corrected chi connectivity index (χ3v) is 5.08. The van der Waals surface area contributed by atoms with E-state index >= 15 is 0 Å². The number of hydrogen-bond acceptors (Lipinski definition) is 5. The largest absolute Gasteiger partial charge is 0.454 e. The molecule has 27 heavy (non-hydrogen) atoms. The van der Waals surface area contributed by atoms with Gasteiger partial charge in [0.15, 0.2) is 23.0 Å². The molecule has 0 bridgehead atoms. The number of nitrogens with zero attached hydrogens (tertiary/aromatic N) is 2. The second-order valence-electron chi connectivity index (χ2n) is 6.71. The summed E-state index contributed by atoms with van der Waals surface area (Å²) in [5.41, 5.74) is 2.28. The van der Waals surface area contributed by atoms with Crippen LogP contribution < -0.4 is 9.47 Å². The van der Waals surface area contributed by atoms with Gasteiger partial charge in [-0.25, -0.2) is 0 Å². The predicted molar refractivity (Wildman–Crippen MR) is 97.5 cm³/mol. The number of benzene rings is 2. The average Bonchev–Trinajstić information content (AvgIpc) is 3.47. The first-order valence-electron chi connectivity index (χ1n) is 9.02. The van der Waals surface area contributed by atoms with Crippen molar-refractivity contribution in [3.63, 3.8) is 0 Å². The Hall–Kier alpha value is -3.28. The highest BCUT2D eigenvalue weighted by Gasteiger charge is 2.32. The molecule has 3 aromatic rings. The molecule has 1 atom stereocenters. The van der Waals surface area contributed by atoms with Gasteiger partial charge in [0, 0.05) is 18.2 Å². The highest BCUT2D eigenvalue weighted by atomic mass is 16.7. The maximum atomic E-state index is 13.0. The summed E-state index contributed by atoms with van der Waals surface area (Å²) in [6.07, 6.45) is 1.95. The van der Waals surface area contributed by atoms with Crippen LogP contribution in [0.5, 0.6) is 11.5 Å². The summed E-state index contributed by atoms with van der Waals surface area (Å²) in [6, 6.07) is 17.4. The van der Waals surface area contributed by atoms with Gasteiger partial charge in [-0.1, -0.05) is 35.5 Å². The van der Waals surface area contributed by atoms with Gasteiger partial charge in [-0.15, -0.1) is 0 Å². The number of rotatable bonds is 3. The number of ether oxygens (including phenoxy) is 2. The third-order valence-electron chi connectivity index (χ3n) is 5.08. The van der Waals surface area contributed by atoms with Crippen LogP contribution in [0.4, 0.5) is 0 Å². The molecular formula is C21H18N2O4. The predicted octanol–water partition coefficient (Wildman–Crippen LogP) is 4.05. The number of hydrogen-bond donors (Lipinski definition) is 0. The molecule has 5 rings (SSSR count). The molecule has 1 saturated heterocycles. The van der Waals surface area contributed by atoms with Crippen LogP contribution in [-0.4, -0.2) is 29.3 Å². The summed E-state index contributed by atoms with van der Waals surface area (Å²) in [5, 5.41) is 4.02. The van der Waals surface area contributed by atoms with E-state index in [1.807, 2.05) is 41.3 Å². The fraction of sp³-hybridized carbons (Fsp3) is 0.238. The molecule has 0 spiro atoms. The van der Waals surface area contributed by atoms with Crippen LogP contribution in [0.25, 0.3) is 11.3 Å². The summed E-state index contributed by atoms with van der Waals surface area (Å²) in [6.45, 7) is 0.944. The van der Waals surface area contributed by atoms with Crippen molar-refractivity contribution in [3.05, 3.63) is 65.9 Å². The van der Waals surface area contributed by atoms with Crippen LogP contribution in [-0.2, 0) is 0 Å². The monoisotopic (exact) mass is 362 g/mol. The van der Waals surface area contributed by atoms with Crippen molar-refractivity contribution < 1.29 is 18.8 Å². The van der Waals surface area contributed by atoms with E-state index in [0.29, 0.717) is 23.0 Å². The van der Waals surface area contributed by atoms with Crippen LogP contribution in [0.3, 0.4) is 0 Å². The van der Waals surface area contributed by atoms with Gasteiger partial charge >= 0.3 is 0 Å². The summed E-state index contributed by atoms with van der Waals surface area (Å²) in [4.78, 5) is 14.9. The zero-order chi connectivity index (χ0) is 18.2. The van der Waals surface area contributed by atoms with Crippen molar-refractivity contribution in [2.24, 2.45) is 0 Å². The molecule has 1 fully saturated rings. The molecule has 0 radical (unpaired) electrons. The second-order valence-corrected chi connectivity index (χ2v) is 6.71. The van der Waals surface area contributed by atoms with E-state index in [1.54, 1.807) is 6.07 Å². The fourth-order valence-corrected chi connectivity index (χ4v) is 3.74. The maximum absolute atomic E-state index is 13.0. The van der Waals surface area contributed by atoms with Gasteiger partial charge in [-0.2, -0.15) is 0 Å². The van der Waals surface area contributed by atoms with Crippen LogP contribution in [0, 0.1) is 0 Å². The molecule has 0 saturated carbocycles. The van der Waals surface area contributed by atoms with E-state index in [2.05, 4.69) is 17.3 Å². The summed E-state index contributed by atoms with van der Waals surface area (Å²) >= 11 is 0. The van der Waals surface area contributed by atoms with E-state index in [9.17, 15) is 4.79 Å². The third kappa shape index (κ3) is 2.83. The van der Waals surface area contributed by atoms with Gasteiger partial charge in [0.05, 0.1) is 6.04 Å². The minimum atomic E-state index is -0.0999. The number of carbonyl (C=O) groups excluding carboxylic acids is 1. The minimum Gasteiger partial charge on any atom is -0.454 e.